The molecule has 0 aliphatic rings. The summed E-state index contributed by atoms with van der Waals surface area (Å²) in [5.41, 5.74) is 2.81. The monoisotopic (exact) mass is 251 g/mol. The van der Waals surface area contributed by atoms with Crippen LogP contribution in [0.25, 0.3) is 10.9 Å². The minimum atomic E-state index is 0.605. The topological polar surface area (TPSA) is 47.8 Å². The number of aryl methyl sites for hydroxylation is 2. The third kappa shape index (κ3) is 2.25. The summed E-state index contributed by atoms with van der Waals surface area (Å²) in [4.78, 5) is 19.3. The Morgan fingerprint density at radius 3 is 3.00 bits per heavy atom. The maximum atomic E-state index is 10.8. The van der Waals surface area contributed by atoms with Crippen LogP contribution in [-0.2, 0) is 13.0 Å². The van der Waals surface area contributed by atoms with Crippen molar-refractivity contribution in [2.45, 2.75) is 13.0 Å². The van der Waals surface area contributed by atoms with Gasteiger partial charge < -0.3 is 4.57 Å². The van der Waals surface area contributed by atoms with Gasteiger partial charge in [-0.1, -0.05) is 24.3 Å². The average Bonchev–Trinajstić information content (AvgIpc) is 2.92. The van der Waals surface area contributed by atoms with Crippen LogP contribution in [0.15, 0.2) is 49.1 Å². The largest absolute Gasteiger partial charge is 0.328 e. The second-order valence-electron chi connectivity index (χ2n) is 4.37. The molecule has 94 valence electrons. The van der Waals surface area contributed by atoms with Crippen LogP contribution in [0.2, 0.25) is 0 Å². The number of pyridine rings is 1. The van der Waals surface area contributed by atoms with Gasteiger partial charge >= 0.3 is 0 Å². The molecule has 0 saturated carbocycles. The number of aromatic nitrogens is 3. The summed E-state index contributed by atoms with van der Waals surface area (Å²) >= 11 is 0. The fourth-order valence-corrected chi connectivity index (χ4v) is 2.23. The third-order valence-electron chi connectivity index (χ3n) is 3.20. The smallest absolute Gasteiger partial charge is 0.168 e. The number of carbonyl (C=O) groups is 1. The molecule has 0 unspecified atom stereocenters. The summed E-state index contributed by atoms with van der Waals surface area (Å²) in [6.45, 7) is 0.726. The van der Waals surface area contributed by atoms with Gasteiger partial charge in [0, 0.05) is 18.1 Å². The molecule has 4 nitrogen and oxygen atoms in total. The summed E-state index contributed by atoms with van der Waals surface area (Å²) in [6, 6.07) is 10.2. The zero-order chi connectivity index (χ0) is 13.1. The van der Waals surface area contributed by atoms with E-state index >= 15 is 0 Å². The lowest BCUT2D eigenvalue weighted by molar-refractivity contribution is 0.111. The van der Waals surface area contributed by atoms with E-state index in [1.54, 1.807) is 18.7 Å². The Morgan fingerprint density at radius 2 is 2.11 bits per heavy atom. The van der Waals surface area contributed by atoms with E-state index in [4.69, 9.17) is 0 Å². The molecule has 4 heteroatoms. The van der Waals surface area contributed by atoms with Crippen LogP contribution in [0.4, 0.5) is 0 Å². The van der Waals surface area contributed by atoms with Gasteiger partial charge in [-0.25, -0.2) is 4.98 Å². The Balaban J connectivity index is 1.88. The Labute approximate surface area is 110 Å². The first-order valence-corrected chi connectivity index (χ1v) is 6.16. The highest BCUT2D eigenvalue weighted by atomic mass is 16.1. The first-order valence-electron chi connectivity index (χ1n) is 6.16. The number of carbonyl (C=O) groups excluding carboxylic acids is 1. The van der Waals surface area contributed by atoms with Crippen molar-refractivity contribution in [1.29, 1.82) is 0 Å². The number of imidazole rings is 1. The van der Waals surface area contributed by atoms with Crippen LogP contribution in [0.1, 0.15) is 16.1 Å². The normalized spacial score (nSPS) is 10.7. The zero-order valence-corrected chi connectivity index (χ0v) is 10.4. The van der Waals surface area contributed by atoms with Gasteiger partial charge in [0.15, 0.2) is 6.29 Å². The van der Waals surface area contributed by atoms with Gasteiger partial charge in [-0.2, -0.15) is 0 Å². The van der Waals surface area contributed by atoms with Gasteiger partial charge in [-0.15, -0.1) is 0 Å². The van der Waals surface area contributed by atoms with E-state index in [0.717, 1.165) is 30.2 Å². The molecule has 0 aliphatic carbocycles. The molecule has 0 atom stereocenters. The summed E-state index contributed by atoms with van der Waals surface area (Å²) in [5, 5.41) is 1.14. The summed E-state index contributed by atoms with van der Waals surface area (Å²) in [6.07, 6.45) is 6.72. The number of hydrogen-bond donors (Lipinski definition) is 0. The molecule has 0 saturated heterocycles. The van der Waals surface area contributed by atoms with Crippen LogP contribution in [0.3, 0.4) is 0 Å². The van der Waals surface area contributed by atoms with Crippen LogP contribution in [0, 0.1) is 0 Å². The van der Waals surface area contributed by atoms with Crippen molar-refractivity contribution in [1.82, 2.24) is 14.5 Å². The van der Waals surface area contributed by atoms with Gasteiger partial charge in [-0.05, 0) is 18.1 Å². The van der Waals surface area contributed by atoms with Crippen molar-refractivity contribution < 1.29 is 4.79 Å². The highest BCUT2D eigenvalue weighted by Gasteiger charge is 2.04. The molecule has 0 N–H and O–H groups in total. The number of benzene rings is 1. The van der Waals surface area contributed by atoms with E-state index in [0.29, 0.717) is 5.69 Å². The molecular weight excluding hydrogens is 238 g/mol. The quantitative estimate of drug-likeness (QED) is 0.669. The molecule has 0 aliphatic heterocycles. The van der Waals surface area contributed by atoms with Crippen molar-refractivity contribution in [2.75, 3.05) is 0 Å². The standard InChI is InChI=1S/C15H13N3O/c19-10-14-9-16-11-18(14)8-6-13-4-1-3-12-5-2-7-17-15(12)13/h1-5,7,9-11H,6,8H2. The minimum absolute atomic E-state index is 0.605. The van der Waals surface area contributed by atoms with E-state index < -0.39 is 0 Å². The predicted octanol–water partition coefficient (Wildman–Crippen LogP) is 2.49. The second kappa shape index (κ2) is 5.02. The number of rotatable bonds is 4. The van der Waals surface area contributed by atoms with Gasteiger partial charge in [0.25, 0.3) is 0 Å². The molecule has 0 fully saturated rings. The molecule has 2 aromatic heterocycles. The van der Waals surface area contributed by atoms with Crippen LogP contribution in [0.5, 0.6) is 0 Å². The van der Waals surface area contributed by atoms with Crippen molar-refractivity contribution in [2.24, 2.45) is 0 Å². The Morgan fingerprint density at radius 1 is 1.21 bits per heavy atom. The fourth-order valence-electron chi connectivity index (χ4n) is 2.23. The van der Waals surface area contributed by atoms with Crippen LogP contribution in [-0.4, -0.2) is 20.8 Å². The lowest BCUT2D eigenvalue weighted by Gasteiger charge is -2.07. The SMILES string of the molecule is O=Cc1cncn1CCc1cccc2cccnc12. The lowest BCUT2D eigenvalue weighted by atomic mass is 10.1. The predicted molar refractivity (Wildman–Crippen MR) is 73.1 cm³/mol. The minimum Gasteiger partial charge on any atom is -0.328 e. The summed E-state index contributed by atoms with van der Waals surface area (Å²) in [7, 11) is 0. The third-order valence-corrected chi connectivity index (χ3v) is 3.20. The lowest BCUT2D eigenvalue weighted by Crippen LogP contribution is -2.04. The average molecular weight is 251 g/mol. The van der Waals surface area contributed by atoms with Gasteiger partial charge in [0.2, 0.25) is 0 Å². The Hall–Kier alpha value is -2.49. The molecular formula is C15H13N3O. The Bertz CT molecular complexity index is 713. The molecule has 0 amide bonds. The fraction of sp³-hybridized carbons (Fsp3) is 0.133. The van der Waals surface area contributed by atoms with Gasteiger partial charge in [0.1, 0.15) is 5.69 Å². The van der Waals surface area contributed by atoms with Crippen molar-refractivity contribution in [3.8, 4) is 0 Å². The van der Waals surface area contributed by atoms with E-state index in [1.165, 1.54) is 5.56 Å². The van der Waals surface area contributed by atoms with E-state index in [9.17, 15) is 4.79 Å². The summed E-state index contributed by atoms with van der Waals surface area (Å²) < 4.78 is 1.86. The van der Waals surface area contributed by atoms with Crippen molar-refractivity contribution >= 4 is 17.2 Å². The van der Waals surface area contributed by atoms with Crippen molar-refractivity contribution in [3.63, 3.8) is 0 Å². The highest BCUT2D eigenvalue weighted by Crippen LogP contribution is 2.17. The number of hydrogen-bond acceptors (Lipinski definition) is 3. The zero-order valence-electron chi connectivity index (χ0n) is 10.4. The molecule has 0 bridgehead atoms. The number of nitrogens with zero attached hydrogens (tertiary/aromatic N) is 3. The van der Waals surface area contributed by atoms with Crippen LogP contribution < -0.4 is 0 Å². The number of para-hydroxylation sites is 1. The highest BCUT2D eigenvalue weighted by molar-refractivity contribution is 5.81. The van der Waals surface area contributed by atoms with E-state index in [2.05, 4.69) is 28.2 Å². The first-order chi connectivity index (χ1) is 9.38. The van der Waals surface area contributed by atoms with Gasteiger partial charge in [-0.3, -0.25) is 9.78 Å². The van der Waals surface area contributed by atoms with Gasteiger partial charge in [0.05, 0.1) is 18.0 Å². The van der Waals surface area contributed by atoms with E-state index in [-0.39, 0.29) is 0 Å². The molecule has 19 heavy (non-hydrogen) atoms. The summed E-state index contributed by atoms with van der Waals surface area (Å²) in [5.74, 6) is 0. The molecule has 3 rings (SSSR count). The van der Waals surface area contributed by atoms with Crippen molar-refractivity contribution in [3.05, 3.63) is 60.3 Å². The molecule has 0 radical (unpaired) electrons. The number of aldehydes is 1. The number of fused-ring (bicyclic) bond motifs is 1. The second-order valence-corrected chi connectivity index (χ2v) is 4.37. The Kier molecular flexibility index (Phi) is 3.06. The molecule has 0 spiro atoms. The van der Waals surface area contributed by atoms with Crippen LogP contribution >= 0.6 is 0 Å². The molecule has 1 aromatic carbocycles. The maximum absolute atomic E-state index is 10.8. The van der Waals surface area contributed by atoms with E-state index in [1.807, 2.05) is 16.7 Å². The maximum Gasteiger partial charge on any atom is 0.168 e. The first kappa shape index (κ1) is 11.6. The molecule has 2 heterocycles. The molecule has 3 aromatic rings.